The Morgan fingerprint density at radius 2 is 2.08 bits per heavy atom. The molecule has 17 heteroatoms. The highest BCUT2D eigenvalue weighted by Crippen LogP contribution is 2.37. The highest BCUT2D eigenvalue weighted by atomic mass is 35.5. The topological polar surface area (TPSA) is 155 Å². The number of halogens is 1. The molecule has 1 amide bonds. The van der Waals surface area contributed by atoms with Crippen molar-refractivity contribution in [3.05, 3.63) is 58.0 Å². The van der Waals surface area contributed by atoms with E-state index in [1.807, 2.05) is 0 Å². The summed E-state index contributed by atoms with van der Waals surface area (Å²) >= 11 is 5.46. The molecule has 1 N–H and O–H groups in total. The van der Waals surface area contributed by atoms with Crippen molar-refractivity contribution in [2.75, 3.05) is 11.6 Å². The lowest BCUT2D eigenvalue weighted by Crippen LogP contribution is -2.75. The molecule has 2 aliphatic heterocycles. The highest BCUT2D eigenvalue weighted by Gasteiger charge is 2.61. The average molecular weight is 564 g/mol. The van der Waals surface area contributed by atoms with Crippen molar-refractivity contribution in [1.29, 1.82) is 0 Å². The SMILES string of the molecule is BOC(=O)C1=C(CCl)C[S+]([O-])[C@@H]2[C@H](N/C(=N\O[C@H](C(=O)OB)c3ccccc3)c3nsc(C)n3)C(=O)N12. The number of benzene rings is 1. The van der Waals surface area contributed by atoms with Crippen LogP contribution in [0.4, 0.5) is 0 Å². The zero-order chi connectivity index (χ0) is 26.7. The van der Waals surface area contributed by atoms with Gasteiger partial charge in [0.25, 0.3) is 5.91 Å². The van der Waals surface area contributed by atoms with Crippen LogP contribution in [-0.4, -0.2) is 81.6 Å². The van der Waals surface area contributed by atoms with E-state index in [1.54, 1.807) is 37.3 Å². The van der Waals surface area contributed by atoms with E-state index in [2.05, 4.69) is 19.8 Å². The lowest BCUT2D eigenvalue weighted by atomic mass is 10.0. The maximum atomic E-state index is 13.2. The molecule has 1 aromatic carbocycles. The maximum absolute atomic E-state index is 13.2. The Hall–Kier alpha value is -3.07. The van der Waals surface area contributed by atoms with Gasteiger partial charge in [-0.15, -0.1) is 11.6 Å². The molecule has 4 rings (SSSR count). The maximum Gasteiger partial charge on any atom is 0.337 e. The number of nitrogens with zero attached hydrogens (tertiary/aromatic N) is 4. The Kier molecular flexibility index (Phi) is 8.42. The standard InChI is InChI=1S/C20H20B2ClN5O7S2/c1-9-24-16(27-36-9)15(26-35-14(20(31)34-22)10-5-3-2-4-6-10)25-12-17(29)28-13(19(30)33-21)11(7-23)8-37(32)18(12)28/h2-6,12,14,18H,7-8,21-22H2,1H3,(H,25,26)/t12-,14+,18-,37?/m1/s1. The van der Waals surface area contributed by atoms with Gasteiger partial charge in [-0.3, -0.25) is 9.69 Å². The number of rotatable bonds is 8. The van der Waals surface area contributed by atoms with Crippen LogP contribution in [0.2, 0.25) is 0 Å². The third-order valence-electron chi connectivity index (χ3n) is 5.54. The number of hydrogen-bond donors (Lipinski definition) is 1. The van der Waals surface area contributed by atoms with E-state index in [0.29, 0.717) is 16.1 Å². The monoisotopic (exact) mass is 563 g/mol. The van der Waals surface area contributed by atoms with Crippen molar-refractivity contribution in [2.24, 2.45) is 5.16 Å². The van der Waals surface area contributed by atoms with E-state index in [1.165, 1.54) is 16.1 Å². The molecule has 0 aliphatic carbocycles. The van der Waals surface area contributed by atoms with Gasteiger partial charge in [0.2, 0.25) is 23.1 Å². The van der Waals surface area contributed by atoms with Crippen LogP contribution in [0.1, 0.15) is 22.5 Å². The van der Waals surface area contributed by atoms with Crippen molar-refractivity contribution in [1.82, 2.24) is 19.6 Å². The predicted octanol–water partition coefficient (Wildman–Crippen LogP) is -1.17. The molecular formula is C20H20B2ClN5O7S2. The number of aromatic nitrogens is 2. The van der Waals surface area contributed by atoms with Crippen molar-refractivity contribution in [3.8, 4) is 0 Å². The molecule has 0 bridgehead atoms. The van der Waals surface area contributed by atoms with E-state index in [4.69, 9.17) is 25.7 Å². The second kappa shape index (κ2) is 11.5. The van der Waals surface area contributed by atoms with Gasteiger partial charge in [0.05, 0.1) is 5.88 Å². The Morgan fingerprint density at radius 1 is 1.35 bits per heavy atom. The van der Waals surface area contributed by atoms with Gasteiger partial charge in [0, 0.05) is 11.1 Å². The summed E-state index contributed by atoms with van der Waals surface area (Å²) in [6.45, 7) is 1.73. The predicted molar refractivity (Wildman–Crippen MR) is 139 cm³/mol. The number of carbonyl (C=O) groups is 3. The van der Waals surface area contributed by atoms with E-state index in [-0.39, 0.29) is 29.0 Å². The summed E-state index contributed by atoms with van der Waals surface area (Å²) in [6, 6.07) is 7.53. The zero-order valence-electron chi connectivity index (χ0n) is 19.9. The van der Waals surface area contributed by atoms with Crippen LogP contribution in [0, 0.1) is 6.92 Å². The van der Waals surface area contributed by atoms with Crippen LogP contribution in [0.15, 0.2) is 46.8 Å². The van der Waals surface area contributed by atoms with Gasteiger partial charge in [0.1, 0.15) is 16.5 Å². The van der Waals surface area contributed by atoms with Crippen molar-refractivity contribution >= 4 is 74.1 Å². The lowest BCUT2D eigenvalue weighted by Gasteiger charge is -2.49. The van der Waals surface area contributed by atoms with E-state index in [9.17, 15) is 18.9 Å². The number of nitrogens with one attached hydrogen (secondary N) is 1. The van der Waals surface area contributed by atoms with Gasteiger partial charge in [-0.05, 0) is 29.6 Å². The molecule has 1 unspecified atom stereocenters. The first-order chi connectivity index (χ1) is 17.8. The number of β-lactam (4-membered cyclic amide) rings is 1. The molecule has 2 aromatic rings. The lowest BCUT2D eigenvalue weighted by molar-refractivity contribution is -0.148. The number of amidine groups is 1. The highest BCUT2D eigenvalue weighted by molar-refractivity contribution is 7.92. The van der Waals surface area contributed by atoms with Crippen LogP contribution in [-0.2, 0) is 39.7 Å². The second-order valence-corrected chi connectivity index (χ2v) is 10.6. The van der Waals surface area contributed by atoms with Gasteiger partial charge in [-0.2, -0.15) is 4.37 Å². The van der Waals surface area contributed by atoms with E-state index in [0.717, 1.165) is 16.4 Å². The fraction of sp³-hybridized carbons (Fsp3) is 0.300. The number of fused-ring (bicyclic) bond motifs is 1. The van der Waals surface area contributed by atoms with Crippen molar-refractivity contribution < 1.29 is 33.1 Å². The summed E-state index contributed by atoms with van der Waals surface area (Å²) < 4.78 is 26.9. The third-order valence-corrected chi connectivity index (χ3v) is 8.14. The minimum absolute atomic E-state index is 0.00395. The van der Waals surface area contributed by atoms with Gasteiger partial charge in [-0.25, -0.2) is 14.6 Å². The Bertz CT molecular complexity index is 1260. The minimum atomic E-state index is -1.58. The van der Waals surface area contributed by atoms with Gasteiger partial charge < -0.3 is 24.0 Å². The Labute approximate surface area is 225 Å². The van der Waals surface area contributed by atoms with Crippen LogP contribution in [0.3, 0.4) is 0 Å². The van der Waals surface area contributed by atoms with Crippen molar-refractivity contribution in [3.63, 3.8) is 0 Å². The average Bonchev–Trinajstić information content (AvgIpc) is 3.35. The van der Waals surface area contributed by atoms with E-state index < -0.39 is 46.5 Å². The second-order valence-electron chi connectivity index (χ2n) is 7.82. The molecule has 4 atom stereocenters. The largest absolute Gasteiger partial charge is 0.614 e. The molecule has 3 heterocycles. The molecule has 1 aromatic heterocycles. The smallest absolute Gasteiger partial charge is 0.337 e. The molecule has 12 nitrogen and oxygen atoms in total. The molecule has 2 aliphatic rings. The summed E-state index contributed by atoms with van der Waals surface area (Å²) in [7, 11) is 2.40. The van der Waals surface area contributed by atoms with Gasteiger partial charge in [-0.1, -0.05) is 35.5 Å². The Balaban J connectivity index is 1.64. The quantitative estimate of drug-likeness (QED) is 0.0790. The molecule has 0 radical (unpaired) electrons. The van der Waals surface area contributed by atoms with Crippen LogP contribution in [0.5, 0.6) is 0 Å². The number of amides is 1. The third kappa shape index (κ3) is 5.32. The first kappa shape index (κ1) is 27.0. The first-order valence-electron chi connectivity index (χ1n) is 10.8. The summed E-state index contributed by atoms with van der Waals surface area (Å²) in [5.74, 6) is -2.03. The zero-order valence-corrected chi connectivity index (χ0v) is 22.3. The summed E-state index contributed by atoms with van der Waals surface area (Å²) in [5.41, 5.74) is 0.825. The van der Waals surface area contributed by atoms with Crippen LogP contribution >= 0.6 is 23.1 Å². The fourth-order valence-electron chi connectivity index (χ4n) is 3.80. The minimum Gasteiger partial charge on any atom is -0.614 e. The van der Waals surface area contributed by atoms with Gasteiger partial charge >= 0.3 is 28.0 Å². The molecule has 0 spiro atoms. The first-order valence-corrected chi connectivity index (χ1v) is 13.5. The van der Waals surface area contributed by atoms with E-state index >= 15 is 0 Å². The molecule has 0 saturated carbocycles. The fourth-order valence-corrected chi connectivity index (χ4v) is 6.29. The number of alkyl halides is 1. The normalized spacial score (nSPS) is 22.0. The number of hydrogen-bond acceptors (Lipinski definition) is 11. The van der Waals surface area contributed by atoms with Crippen molar-refractivity contribution in [2.45, 2.75) is 24.4 Å². The summed E-state index contributed by atoms with van der Waals surface area (Å²) in [6.07, 6.45) is -1.21. The summed E-state index contributed by atoms with van der Waals surface area (Å²) in [4.78, 5) is 48.9. The summed E-state index contributed by atoms with van der Waals surface area (Å²) in [5, 5.41) is 6.68. The molecular weight excluding hydrogens is 543 g/mol. The van der Waals surface area contributed by atoms with Crippen LogP contribution in [0.25, 0.3) is 0 Å². The van der Waals surface area contributed by atoms with Crippen LogP contribution < -0.4 is 5.32 Å². The number of carbonyl (C=O) groups excluding carboxylic acids is 3. The van der Waals surface area contributed by atoms with Gasteiger partial charge in [0.15, 0.2) is 6.04 Å². The molecule has 1 fully saturated rings. The Morgan fingerprint density at radius 3 is 2.68 bits per heavy atom. The number of aryl methyl sites for hydroxylation is 1. The number of oxime groups is 1. The molecule has 192 valence electrons. The molecule has 1 saturated heterocycles. The molecule has 37 heavy (non-hydrogen) atoms.